The molecule has 0 radical (unpaired) electrons. The molecule has 90 valence electrons. The molecule has 1 amide bonds. The minimum Gasteiger partial charge on any atom is -0.355 e. The first-order valence-electron chi connectivity index (χ1n) is 5.09. The van der Waals surface area contributed by atoms with Gasteiger partial charge in [-0.1, -0.05) is 12.1 Å². The molecule has 0 aliphatic carbocycles. The quantitative estimate of drug-likeness (QED) is 0.612. The van der Waals surface area contributed by atoms with Crippen molar-refractivity contribution in [3.8, 4) is 12.1 Å². The highest BCUT2D eigenvalue weighted by molar-refractivity contribution is 6.10. The number of amides is 1. The number of hydrogen-bond acceptors (Lipinski definition) is 5. The van der Waals surface area contributed by atoms with Crippen LogP contribution in [0.25, 0.3) is 0 Å². The summed E-state index contributed by atoms with van der Waals surface area (Å²) >= 11 is 0. The van der Waals surface area contributed by atoms with Gasteiger partial charge in [0.05, 0.1) is 11.3 Å². The van der Waals surface area contributed by atoms with Crippen LogP contribution in [0.3, 0.4) is 0 Å². The highest BCUT2D eigenvalue weighted by atomic mass is 16.1. The summed E-state index contributed by atoms with van der Waals surface area (Å²) in [5, 5.41) is 23.3. The zero-order valence-electron chi connectivity index (χ0n) is 9.98. The number of carbonyl (C=O) groups is 1. The van der Waals surface area contributed by atoms with E-state index in [1.807, 2.05) is 0 Å². The first kappa shape index (κ1) is 13.2. The largest absolute Gasteiger partial charge is 0.355 e. The Bertz CT molecular complexity index is 561. The molecule has 6 heteroatoms. The second-order valence-corrected chi connectivity index (χ2v) is 3.37. The molecule has 0 saturated carbocycles. The summed E-state index contributed by atoms with van der Waals surface area (Å²) in [5.74, 6) is -0.271. The molecule has 0 bridgehead atoms. The molecule has 0 atom stereocenters. The number of carbonyl (C=O) groups excluding carboxylic acids is 1. The molecule has 18 heavy (non-hydrogen) atoms. The lowest BCUT2D eigenvalue weighted by Gasteiger charge is -2.10. The number of nitrogens with one attached hydrogen (secondary N) is 2. The lowest BCUT2D eigenvalue weighted by Crippen LogP contribution is -2.19. The Morgan fingerprint density at radius 3 is 2.56 bits per heavy atom. The van der Waals surface area contributed by atoms with Crippen molar-refractivity contribution < 1.29 is 4.79 Å². The molecule has 2 N–H and O–H groups in total. The molecular formula is C12H11N5O. The molecule has 1 aromatic carbocycles. The maximum atomic E-state index is 11.6. The maximum Gasteiger partial charge on any atom is 0.253 e. The van der Waals surface area contributed by atoms with E-state index in [0.717, 1.165) is 5.56 Å². The third-order valence-electron chi connectivity index (χ3n) is 2.24. The van der Waals surface area contributed by atoms with Crippen LogP contribution in [0.5, 0.6) is 0 Å². The van der Waals surface area contributed by atoms with Gasteiger partial charge in [0.25, 0.3) is 5.91 Å². The van der Waals surface area contributed by atoms with Crippen LogP contribution in [-0.4, -0.2) is 18.7 Å². The van der Waals surface area contributed by atoms with Gasteiger partial charge in [0.1, 0.15) is 12.1 Å². The van der Waals surface area contributed by atoms with E-state index in [1.165, 1.54) is 7.05 Å². The summed E-state index contributed by atoms with van der Waals surface area (Å²) in [6, 6.07) is 8.42. The second kappa shape index (κ2) is 6.02. The van der Waals surface area contributed by atoms with E-state index < -0.39 is 0 Å². The van der Waals surface area contributed by atoms with Crippen molar-refractivity contribution in [2.75, 3.05) is 12.5 Å². The number of nitriles is 2. The number of aryl methyl sites for hydroxylation is 1. The number of benzene rings is 1. The van der Waals surface area contributed by atoms with Crippen LogP contribution in [0.1, 0.15) is 15.9 Å². The fraction of sp³-hybridized carbons (Fsp3) is 0.167. The molecule has 0 saturated heterocycles. The molecule has 0 spiro atoms. The Hall–Kier alpha value is -2.86. The van der Waals surface area contributed by atoms with Crippen LogP contribution in [-0.2, 0) is 0 Å². The van der Waals surface area contributed by atoms with Crippen molar-refractivity contribution in [3.05, 3.63) is 29.3 Å². The summed E-state index contributed by atoms with van der Waals surface area (Å²) in [6.45, 7) is 1.79. The van der Waals surface area contributed by atoms with Crippen molar-refractivity contribution >= 4 is 17.3 Å². The molecule has 0 aliphatic rings. The lowest BCUT2D eigenvalue weighted by molar-refractivity contribution is 0.0964. The van der Waals surface area contributed by atoms with E-state index in [1.54, 1.807) is 37.3 Å². The van der Waals surface area contributed by atoms with Crippen LogP contribution >= 0.6 is 0 Å². The van der Waals surface area contributed by atoms with Crippen LogP contribution in [0.2, 0.25) is 0 Å². The predicted octanol–water partition coefficient (Wildman–Crippen LogP) is 1.17. The number of nitrogens with zero attached hydrogens (tertiary/aromatic N) is 3. The van der Waals surface area contributed by atoms with Gasteiger partial charge in [-0.25, -0.2) is 0 Å². The normalized spacial score (nSPS) is 8.67. The monoisotopic (exact) mass is 241 g/mol. The molecule has 0 aliphatic heterocycles. The van der Waals surface area contributed by atoms with Gasteiger partial charge in [0.2, 0.25) is 5.71 Å². The van der Waals surface area contributed by atoms with Crippen molar-refractivity contribution in [2.24, 2.45) is 5.10 Å². The minimum atomic E-state index is -0.305. The first-order chi connectivity index (χ1) is 8.63. The number of para-hydroxylation sites is 1. The Balaban J connectivity index is 3.17. The molecule has 0 fully saturated rings. The van der Waals surface area contributed by atoms with E-state index in [9.17, 15) is 4.79 Å². The van der Waals surface area contributed by atoms with Gasteiger partial charge in [-0.2, -0.15) is 15.6 Å². The van der Waals surface area contributed by atoms with Crippen molar-refractivity contribution in [1.29, 1.82) is 10.5 Å². The van der Waals surface area contributed by atoms with E-state index in [2.05, 4.69) is 15.8 Å². The van der Waals surface area contributed by atoms with Crippen LogP contribution in [0.4, 0.5) is 5.69 Å². The van der Waals surface area contributed by atoms with Crippen LogP contribution in [0.15, 0.2) is 23.3 Å². The number of anilines is 1. The molecular weight excluding hydrogens is 230 g/mol. The topological polar surface area (TPSA) is 101 Å². The second-order valence-electron chi connectivity index (χ2n) is 3.37. The summed E-state index contributed by atoms with van der Waals surface area (Å²) < 4.78 is 0. The predicted molar refractivity (Wildman–Crippen MR) is 66.9 cm³/mol. The highest BCUT2D eigenvalue weighted by Gasteiger charge is 2.11. The smallest absolute Gasteiger partial charge is 0.253 e. The molecule has 0 aromatic heterocycles. The third-order valence-corrected chi connectivity index (χ3v) is 2.24. The van der Waals surface area contributed by atoms with Gasteiger partial charge in [-0.3, -0.25) is 10.2 Å². The van der Waals surface area contributed by atoms with Gasteiger partial charge in [-0.15, -0.1) is 0 Å². The van der Waals surface area contributed by atoms with Crippen molar-refractivity contribution in [3.63, 3.8) is 0 Å². The Labute approximate surface area is 105 Å². The number of rotatable bonds is 3. The minimum absolute atomic E-state index is 0.271. The Morgan fingerprint density at radius 2 is 2.00 bits per heavy atom. The first-order valence-corrected chi connectivity index (χ1v) is 5.09. The average Bonchev–Trinajstić information content (AvgIpc) is 2.40. The summed E-state index contributed by atoms with van der Waals surface area (Å²) in [5.41, 5.74) is 3.94. The van der Waals surface area contributed by atoms with Gasteiger partial charge >= 0.3 is 0 Å². The van der Waals surface area contributed by atoms with E-state index in [4.69, 9.17) is 10.5 Å². The standard InChI is InChI=1S/C12H11N5O/c1-8-4-3-5-10(12(18)15-2)11(8)17-16-9(6-13)7-14/h3-5,17H,1-2H3,(H,15,18). The van der Waals surface area contributed by atoms with Gasteiger partial charge in [0.15, 0.2) is 0 Å². The molecule has 0 heterocycles. The van der Waals surface area contributed by atoms with Crippen LogP contribution < -0.4 is 10.7 Å². The zero-order chi connectivity index (χ0) is 13.5. The van der Waals surface area contributed by atoms with Gasteiger partial charge in [-0.05, 0) is 18.6 Å². The molecule has 1 rings (SSSR count). The maximum absolute atomic E-state index is 11.6. The zero-order valence-corrected chi connectivity index (χ0v) is 9.98. The fourth-order valence-electron chi connectivity index (χ4n) is 1.33. The lowest BCUT2D eigenvalue weighted by atomic mass is 10.1. The van der Waals surface area contributed by atoms with E-state index in [0.29, 0.717) is 11.3 Å². The summed E-state index contributed by atoms with van der Waals surface area (Å²) in [4.78, 5) is 11.6. The highest BCUT2D eigenvalue weighted by Crippen LogP contribution is 2.20. The van der Waals surface area contributed by atoms with E-state index in [-0.39, 0.29) is 11.6 Å². The van der Waals surface area contributed by atoms with Gasteiger partial charge in [0, 0.05) is 7.05 Å². The van der Waals surface area contributed by atoms with E-state index >= 15 is 0 Å². The number of hydrazone groups is 1. The van der Waals surface area contributed by atoms with Gasteiger partial charge < -0.3 is 5.32 Å². The average molecular weight is 241 g/mol. The molecule has 1 aromatic rings. The SMILES string of the molecule is CNC(=O)c1cccc(C)c1NN=C(C#N)C#N. The van der Waals surface area contributed by atoms with Crippen LogP contribution in [0, 0.1) is 29.6 Å². The summed E-state index contributed by atoms with van der Waals surface area (Å²) in [6.07, 6.45) is 0. The fourth-order valence-corrected chi connectivity index (χ4v) is 1.33. The van der Waals surface area contributed by atoms with Crippen molar-refractivity contribution in [1.82, 2.24) is 5.32 Å². The molecule has 0 unspecified atom stereocenters. The Kier molecular flexibility index (Phi) is 4.42. The Morgan fingerprint density at radius 1 is 1.33 bits per heavy atom. The van der Waals surface area contributed by atoms with Crippen molar-refractivity contribution in [2.45, 2.75) is 6.92 Å². The summed E-state index contributed by atoms with van der Waals surface area (Å²) in [7, 11) is 1.52. The molecule has 6 nitrogen and oxygen atoms in total. The third kappa shape index (κ3) is 2.83. The number of hydrogen-bond donors (Lipinski definition) is 2.